The average Bonchev–Trinajstić information content (AvgIpc) is 0.915. The predicted octanol–water partition coefficient (Wildman–Crippen LogP) is 25.8. The van der Waals surface area contributed by atoms with E-state index in [0.29, 0.717) is 25.7 Å². The number of aliphatic hydroxyl groups is 1. The number of phosphoric acid groups is 2. The molecule has 5 atom stereocenters. The minimum atomic E-state index is -4.97. The Hall–Kier alpha value is -1.94. The van der Waals surface area contributed by atoms with Gasteiger partial charge in [-0.05, 0) is 37.5 Å². The van der Waals surface area contributed by atoms with E-state index in [4.69, 9.17) is 37.0 Å². The van der Waals surface area contributed by atoms with E-state index >= 15 is 0 Å². The van der Waals surface area contributed by atoms with Gasteiger partial charge in [0.25, 0.3) is 0 Å². The molecule has 618 valence electrons. The fourth-order valence-electron chi connectivity index (χ4n) is 13.2. The van der Waals surface area contributed by atoms with Crippen molar-refractivity contribution in [2.45, 2.75) is 471 Å². The molecule has 0 amide bonds. The van der Waals surface area contributed by atoms with Gasteiger partial charge in [0.05, 0.1) is 26.4 Å². The Balaban J connectivity index is 5.25. The van der Waals surface area contributed by atoms with Crippen molar-refractivity contribution < 1.29 is 80.2 Å². The van der Waals surface area contributed by atoms with Crippen LogP contribution < -0.4 is 0 Å². The quantitative estimate of drug-likeness (QED) is 0.0222. The van der Waals surface area contributed by atoms with Gasteiger partial charge >= 0.3 is 39.5 Å². The Morgan fingerprint density at radius 3 is 0.654 bits per heavy atom. The Bertz CT molecular complexity index is 1990. The summed E-state index contributed by atoms with van der Waals surface area (Å²) in [5, 5.41) is 10.7. The molecule has 2 unspecified atom stereocenters. The summed E-state index contributed by atoms with van der Waals surface area (Å²) < 4.78 is 68.9. The molecule has 0 aromatic carbocycles. The Kier molecular flexibility index (Phi) is 75.0. The molecule has 0 saturated carbocycles. The van der Waals surface area contributed by atoms with Crippen LogP contribution in [0.3, 0.4) is 0 Å². The molecule has 3 N–H and O–H groups in total. The van der Waals surface area contributed by atoms with Crippen molar-refractivity contribution in [1.29, 1.82) is 0 Å². The van der Waals surface area contributed by atoms with E-state index in [0.717, 1.165) is 102 Å². The largest absolute Gasteiger partial charge is 0.472 e. The fourth-order valence-corrected chi connectivity index (χ4v) is 14.8. The van der Waals surface area contributed by atoms with E-state index in [9.17, 15) is 43.2 Å². The second-order valence-corrected chi connectivity index (χ2v) is 34.4. The van der Waals surface area contributed by atoms with E-state index in [1.807, 2.05) is 0 Å². The number of rotatable bonds is 84. The highest BCUT2D eigenvalue weighted by atomic mass is 31.2. The summed E-state index contributed by atoms with van der Waals surface area (Å²) in [5.74, 6) is -0.552. The van der Waals surface area contributed by atoms with Crippen molar-refractivity contribution in [2.24, 2.45) is 11.8 Å². The van der Waals surface area contributed by atoms with Crippen LogP contribution in [-0.2, 0) is 65.4 Å². The molecule has 19 heteroatoms. The molecule has 0 aromatic heterocycles. The highest BCUT2D eigenvalue weighted by molar-refractivity contribution is 7.47. The van der Waals surface area contributed by atoms with Gasteiger partial charge < -0.3 is 33.8 Å². The third-order valence-corrected chi connectivity index (χ3v) is 21.9. The molecule has 0 aliphatic rings. The van der Waals surface area contributed by atoms with E-state index < -0.39 is 97.5 Å². The molecule has 0 bridgehead atoms. The second-order valence-electron chi connectivity index (χ2n) is 31.5. The lowest BCUT2D eigenvalue weighted by molar-refractivity contribution is -0.161. The summed E-state index contributed by atoms with van der Waals surface area (Å²) in [7, 11) is -9.93. The lowest BCUT2D eigenvalue weighted by Gasteiger charge is -2.21. The van der Waals surface area contributed by atoms with Crippen LogP contribution in [-0.4, -0.2) is 96.7 Å². The molecular weight excluding hydrogens is 1350 g/mol. The Morgan fingerprint density at radius 2 is 0.442 bits per heavy atom. The highest BCUT2D eigenvalue weighted by Crippen LogP contribution is 2.45. The molecular formula is C85H166O17P2. The number of carbonyl (C=O) groups excluding carboxylic acids is 4. The van der Waals surface area contributed by atoms with Crippen LogP contribution in [0.25, 0.3) is 0 Å². The topological polar surface area (TPSA) is 237 Å². The van der Waals surface area contributed by atoms with Crippen molar-refractivity contribution in [3.8, 4) is 0 Å². The smallest absolute Gasteiger partial charge is 0.462 e. The van der Waals surface area contributed by atoms with Gasteiger partial charge in [-0.2, -0.15) is 0 Å². The Labute approximate surface area is 638 Å². The maximum Gasteiger partial charge on any atom is 0.472 e. The van der Waals surface area contributed by atoms with Gasteiger partial charge in [0.15, 0.2) is 12.2 Å². The van der Waals surface area contributed by atoms with Gasteiger partial charge in [-0.25, -0.2) is 9.13 Å². The van der Waals surface area contributed by atoms with Crippen LogP contribution in [0.4, 0.5) is 0 Å². The van der Waals surface area contributed by atoms with Gasteiger partial charge in [-0.15, -0.1) is 0 Å². The molecule has 0 radical (unpaired) electrons. The first-order valence-corrected chi connectivity index (χ1v) is 47.0. The number of unbranched alkanes of at least 4 members (excludes halogenated alkanes) is 54. The first-order valence-electron chi connectivity index (χ1n) is 44.0. The van der Waals surface area contributed by atoms with E-state index in [-0.39, 0.29) is 25.7 Å². The van der Waals surface area contributed by atoms with Crippen LogP contribution >= 0.6 is 15.6 Å². The molecule has 0 aromatic rings. The van der Waals surface area contributed by atoms with E-state index in [1.165, 1.54) is 270 Å². The van der Waals surface area contributed by atoms with Crippen molar-refractivity contribution in [1.82, 2.24) is 0 Å². The second kappa shape index (κ2) is 76.4. The average molecular weight is 1520 g/mol. The molecule has 0 saturated heterocycles. The number of phosphoric ester groups is 2. The minimum Gasteiger partial charge on any atom is -0.462 e. The first kappa shape index (κ1) is 102. The SMILES string of the molecule is CCCCCCCCCCCCCCCCCCCCCCC(=O)O[C@H](COC(=O)CCCCCCCCCCCCCCCCCC(C)C)COP(=O)(O)OC[C@@H](O)COP(=O)(O)OC[C@@H](COC(=O)CCCCCCCCCCCC(C)C)OC(=O)CCCCCCCCCCCCCCCC. The maximum absolute atomic E-state index is 13.1. The molecule has 0 aliphatic heterocycles. The number of esters is 4. The monoisotopic (exact) mass is 1520 g/mol. The highest BCUT2D eigenvalue weighted by Gasteiger charge is 2.30. The van der Waals surface area contributed by atoms with Gasteiger partial charge in [-0.1, -0.05) is 401 Å². The minimum absolute atomic E-state index is 0.108. The zero-order valence-electron chi connectivity index (χ0n) is 68.3. The number of carbonyl (C=O) groups is 4. The number of hydrogen-bond donors (Lipinski definition) is 3. The molecule has 0 heterocycles. The number of hydrogen-bond acceptors (Lipinski definition) is 15. The van der Waals surface area contributed by atoms with Gasteiger partial charge in [0.2, 0.25) is 0 Å². The van der Waals surface area contributed by atoms with Crippen molar-refractivity contribution in [3.63, 3.8) is 0 Å². The molecule has 17 nitrogen and oxygen atoms in total. The summed E-state index contributed by atoms with van der Waals surface area (Å²) in [5.41, 5.74) is 0. The summed E-state index contributed by atoms with van der Waals surface area (Å²) >= 11 is 0. The molecule has 0 spiro atoms. The summed E-state index contributed by atoms with van der Waals surface area (Å²) in [6.45, 7) is 9.68. The lowest BCUT2D eigenvalue weighted by Crippen LogP contribution is -2.30. The summed E-state index contributed by atoms with van der Waals surface area (Å²) in [4.78, 5) is 73.2. The third kappa shape index (κ3) is 78.2. The van der Waals surface area contributed by atoms with Crippen LogP contribution in [0, 0.1) is 11.8 Å². The lowest BCUT2D eigenvalue weighted by atomic mass is 10.0. The van der Waals surface area contributed by atoms with Crippen LogP contribution in [0.2, 0.25) is 0 Å². The summed E-state index contributed by atoms with van der Waals surface area (Å²) in [6.07, 6.45) is 68.0. The first-order chi connectivity index (χ1) is 50.4. The molecule has 0 rings (SSSR count). The Morgan fingerprint density at radius 1 is 0.260 bits per heavy atom. The molecule has 104 heavy (non-hydrogen) atoms. The van der Waals surface area contributed by atoms with Gasteiger partial charge in [0.1, 0.15) is 19.3 Å². The zero-order valence-corrected chi connectivity index (χ0v) is 70.1. The van der Waals surface area contributed by atoms with Crippen LogP contribution in [0.15, 0.2) is 0 Å². The van der Waals surface area contributed by atoms with Crippen molar-refractivity contribution in [3.05, 3.63) is 0 Å². The fraction of sp³-hybridized carbons (Fsp3) is 0.953. The number of aliphatic hydroxyl groups excluding tert-OH is 1. The van der Waals surface area contributed by atoms with Gasteiger partial charge in [-0.3, -0.25) is 37.3 Å². The van der Waals surface area contributed by atoms with E-state index in [2.05, 4.69) is 41.5 Å². The van der Waals surface area contributed by atoms with E-state index in [1.54, 1.807) is 0 Å². The molecule has 0 fully saturated rings. The van der Waals surface area contributed by atoms with Crippen molar-refractivity contribution in [2.75, 3.05) is 39.6 Å². The maximum atomic E-state index is 13.1. The third-order valence-electron chi connectivity index (χ3n) is 20.0. The van der Waals surface area contributed by atoms with Crippen LogP contribution in [0.5, 0.6) is 0 Å². The summed E-state index contributed by atoms with van der Waals surface area (Å²) in [6, 6.07) is 0. The predicted molar refractivity (Wildman–Crippen MR) is 428 cm³/mol. The normalized spacial score (nSPS) is 13.8. The number of ether oxygens (including phenoxy) is 4. The molecule has 0 aliphatic carbocycles. The zero-order chi connectivity index (χ0) is 76.4. The van der Waals surface area contributed by atoms with Crippen LogP contribution in [0.1, 0.15) is 452 Å². The van der Waals surface area contributed by atoms with Crippen molar-refractivity contribution >= 4 is 39.5 Å². The van der Waals surface area contributed by atoms with Gasteiger partial charge in [0, 0.05) is 25.7 Å². The standard InChI is InChI=1S/C85H166O17P2/c1-7-9-11-13-15-17-19-21-23-24-25-26-27-30-35-39-45-52-58-64-70-85(90)101-80(73-95-82(87)67-61-55-49-43-37-34-31-28-29-32-36-41-47-53-59-65-77(3)4)75-99-103(91,92)97-71-79(86)72-98-104(93,94)100-76-81(74-96-83(88)68-62-56-50-46-40-42-48-54-60-66-78(5)6)102-84(89)69-63-57-51-44-38-33-22-20-18-16-14-12-10-8-2/h77-81,86H,7-76H2,1-6H3,(H,91,92)(H,93,94)/t79-,80-,81-/m1/s1.